The summed E-state index contributed by atoms with van der Waals surface area (Å²) in [6, 6.07) is 16.2. The first-order valence-corrected chi connectivity index (χ1v) is 10.4. The van der Waals surface area contributed by atoms with Gasteiger partial charge in [-0.05, 0) is 66.3 Å². The van der Waals surface area contributed by atoms with E-state index in [2.05, 4.69) is 4.98 Å². The molecule has 2 aromatic carbocycles. The minimum Gasteiger partial charge on any atom is -0.493 e. The Morgan fingerprint density at radius 1 is 1.09 bits per heavy atom. The average Bonchev–Trinajstić information content (AvgIpc) is 3.15. The molecule has 4 rings (SSSR count). The van der Waals surface area contributed by atoms with Crippen molar-refractivity contribution in [1.82, 2.24) is 4.98 Å². The van der Waals surface area contributed by atoms with Gasteiger partial charge in [-0.2, -0.15) is 13.2 Å². The standard InChI is InChI=1S/C25H22F3NO3/c26-25(27,28)19-8-6-16(7-9-19)23-3-1-2-20(29-23)12-13-32-21-10-11-22-17(14-21)4-5-18(22)15-24(30)31/h1-3,6-11,14,18H,4-5,12-13,15H2,(H,30,31)/t18-/m0/s1. The number of carboxylic acids is 1. The highest BCUT2D eigenvalue weighted by molar-refractivity contribution is 5.68. The van der Waals surface area contributed by atoms with Crippen molar-refractivity contribution in [2.45, 2.75) is 37.8 Å². The Balaban J connectivity index is 1.37. The Hall–Kier alpha value is -3.35. The summed E-state index contributed by atoms with van der Waals surface area (Å²) in [7, 11) is 0. The Morgan fingerprint density at radius 3 is 2.59 bits per heavy atom. The van der Waals surface area contributed by atoms with Crippen molar-refractivity contribution >= 4 is 5.97 Å². The number of benzene rings is 2. The smallest absolute Gasteiger partial charge is 0.416 e. The number of carboxylic acid groups (broad SMARTS) is 1. The Morgan fingerprint density at radius 2 is 1.88 bits per heavy atom. The second-order valence-corrected chi connectivity index (χ2v) is 7.88. The molecule has 1 aliphatic rings. The van der Waals surface area contributed by atoms with E-state index in [-0.39, 0.29) is 12.3 Å². The molecule has 0 amide bonds. The van der Waals surface area contributed by atoms with Crippen LogP contribution in [-0.4, -0.2) is 22.7 Å². The molecule has 0 unspecified atom stereocenters. The van der Waals surface area contributed by atoms with Gasteiger partial charge >= 0.3 is 12.1 Å². The summed E-state index contributed by atoms with van der Waals surface area (Å²) in [6.45, 7) is 0.404. The van der Waals surface area contributed by atoms with Crippen LogP contribution in [0.1, 0.15) is 41.1 Å². The van der Waals surface area contributed by atoms with Gasteiger partial charge in [-0.15, -0.1) is 0 Å². The van der Waals surface area contributed by atoms with E-state index < -0.39 is 17.7 Å². The number of aliphatic carboxylic acids is 1. The van der Waals surface area contributed by atoms with Crippen molar-refractivity contribution in [2.24, 2.45) is 0 Å². The van der Waals surface area contributed by atoms with Gasteiger partial charge in [-0.1, -0.05) is 24.3 Å². The largest absolute Gasteiger partial charge is 0.493 e. The highest BCUT2D eigenvalue weighted by atomic mass is 19.4. The third-order valence-electron chi connectivity index (χ3n) is 5.68. The molecule has 0 saturated carbocycles. The number of pyridine rings is 1. The molecule has 0 bridgehead atoms. The Bertz CT molecular complexity index is 1110. The van der Waals surface area contributed by atoms with Crippen LogP contribution < -0.4 is 4.74 Å². The van der Waals surface area contributed by atoms with Crippen molar-refractivity contribution < 1.29 is 27.8 Å². The molecule has 0 fully saturated rings. The van der Waals surface area contributed by atoms with Crippen LogP contribution in [0, 0.1) is 0 Å². The first-order valence-electron chi connectivity index (χ1n) is 10.4. The number of alkyl halides is 3. The van der Waals surface area contributed by atoms with Gasteiger partial charge in [0.05, 0.1) is 24.3 Å². The predicted octanol–water partition coefficient (Wildman–Crippen LogP) is 5.89. The first kappa shape index (κ1) is 21.9. The van der Waals surface area contributed by atoms with E-state index >= 15 is 0 Å². The molecule has 32 heavy (non-hydrogen) atoms. The van der Waals surface area contributed by atoms with Crippen LogP contribution in [0.25, 0.3) is 11.3 Å². The van der Waals surface area contributed by atoms with Crippen LogP contribution in [0.2, 0.25) is 0 Å². The number of halogens is 3. The number of rotatable bonds is 7. The third kappa shape index (κ3) is 5.10. The van der Waals surface area contributed by atoms with Crippen molar-refractivity contribution in [1.29, 1.82) is 0 Å². The molecule has 0 radical (unpaired) electrons. The van der Waals surface area contributed by atoms with Crippen molar-refractivity contribution in [3.05, 3.63) is 83.0 Å². The van der Waals surface area contributed by atoms with Crippen LogP contribution in [0.4, 0.5) is 13.2 Å². The lowest BCUT2D eigenvalue weighted by atomic mass is 9.98. The fourth-order valence-corrected chi connectivity index (χ4v) is 4.08. The maximum Gasteiger partial charge on any atom is 0.416 e. The summed E-state index contributed by atoms with van der Waals surface area (Å²) in [4.78, 5) is 15.5. The van der Waals surface area contributed by atoms with Gasteiger partial charge in [-0.3, -0.25) is 9.78 Å². The SMILES string of the molecule is O=C(O)C[C@@H]1CCc2cc(OCCc3cccc(-c4ccc(C(F)(F)F)cc4)n3)ccc21. The van der Waals surface area contributed by atoms with Gasteiger partial charge in [0.25, 0.3) is 0 Å². The first-order chi connectivity index (χ1) is 15.3. The van der Waals surface area contributed by atoms with Crippen LogP contribution in [-0.2, 0) is 23.8 Å². The lowest BCUT2D eigenvalue weighted by Gasteiger charge is -2.11. The fourth-order valence-electron chi connectivity index (χ4n) is 4.08. The zero-order valence-corrected chi connectivity index (χ0v) is 17.2. The molecule has 0 aliphatic heterocycles. The quantitative estimate of drug-likeness (QED) is 0.496. The lowest BCUT2D eigenvalue weighted by Crippen LogP contribution is -2.05. The van der Waals surface area contributed by atoms with Crippen molar-refractivity contribution in [3.8, 4) is 17.0 Å². The second-order valence-electron chi connectivity index (χ2n) is 7.88. The molecule has 1 aliphatic carbocycles. The molecule has 166 valence electrons. The van der Waals surface area contributed by atoms with Gasteiger partial charge in [0.2, 0.25) is 0 Å². The molecule has 0 spiro atoms. The summed E-state index contributed by atoms with van der Waals surface area (Å²) in [5, 5.41) is 9.04. The Kier molecular flexibility index (Phi) is 6.17. The average molecular weight is 441 g/mol. The van der Waals surface area contributed by atoms with Crippen LogP contribution >= 0.6 is 0 Å². The minimum atomic E-state index is -4.36. The molecular weight excluding hydrogens is 419 g/mol. The maximum atomic E-state index is 12.8. The van der Waals surface area contributed by atoms with E-state index in [1.54, 1.807) is 6.07 Å². The minimum absolute atomic E-state index is 0.0636. The molecule has 1 N–H and O–H groups in total. The van der Waals surface area contributed by atoms with E-state index in [0.717, 1.165) is 47.5 Å². The number of fused-ring (bicyclic) bond motifs is 1. The molecular formula is C25H22F3NO3. The molecule has 3 aromatic rings. The Labute approximate surface area is 183 Å². The molecule has 0 saturated heterocycles. The van der Waals surface area contributed by atoms with E-state index in [1.165, 1.54) is 12.1 Å². The van der Waals surface area contributed by atoms with E-state index in [1.807, 2.05) is 30.3 Å². The molecule has 7 heteroatoms. The van der Waals surface area contributed by atoms with Gasteiger partial charge in [0.15, 0.2) is 0 Å². The highest BCUT2D eigenvalue weighted by Crippen LogP contribution is 2.37. The zero-order valence-electron chi connectivity index (χ0n) is 17.2. The van der Waals surface area contributed by atoms with Crippen LogP contribution in [0.15, 0.2) is 60.7 Å². The van der Waals surface area contributed by atoms with Crippen LogP contribution in [0.5, 0.6) is 5.75 Å². The summed E-state index contributed by atoms with van der Waals surface area (Å²) in [6.07, 6.45) is -1.98. The topological polar surface area (TPSA) is 59.4 Å². The van der Waals surface area contributed by atoms with Crippen molar-refractivity contribution in [2.75, 3.05) is 6.61 Å². The second kappa shape index (κ2) is 9.02. The zero-order chi connectivity index (χ0) is 22.7. The number of ether oxygens (including phenoxy) is 1. The van der Waals surface area contributed by atoms with Gasteiger partial charge in [-0.25, -0.2) is 0 Å². The van der Waals surface area contributed by atoms with E-state index in [0.29, 0.717) is 24.3 Å². The number of aromatic nitrogens is 1. The highest BCUT2D eigenvalue weighted by Gasteiger charge is 2.30. The van der Waals surface area contributed by atoms with E-state index in [4.69, 9.17) is 9.84 Å². The monoisotopic (exact) mass is 441 g/mol. The fraction of sp³-hybridized carbons (Fsp3) is 0.280. The molecule has 1 aromatic heterocycles. The van der Waals surface area contributed by atoms with Gasteiger partial charge < -0.3 is 9.84 Å². The molecule has 4 nitrogen and oxygen atoms in total. The number of aryl methyl sites for hydroxylation is 1. The third-order valence-corrected chi connectivity index (χ3v) is 5.68. The normalized spacial score (nSPS) is 15.4. The molecule has 1 heterocycles. The number of hydrogen-bond donors (Lipinski definition) is 1. The summed E-state index contributed by atoms with van der Waals surface area (Å²) in [5.74, 6) is 0.0153. The number of carbonyl (C=O) groups is 1. The van der Waals surface area contributed by atoms with Crippen molar-refractivity contribution in [3.63, 3.8) is 0 Å². The lowest BCUT2D eigenvalue weighted by molar-refractivity contribution is -0.138. The summed E-state index contributed by atoms with van der Waals surface area (Å²) >= 11 is 0. The summed E-state index contributed by atoms with van der Waals surface area (Å²) in [5.41, 5.74) is 3.55. The predicted molar refractivity (Wildman–Crippen MR) is 114 cm³/mol. The number of nitrogens with zero attached hydrogens (tertiary/aromatic N) is 1. The number of hydrogen-bond acceptors (Lipinski definition) is 3. The van der Waals surface area contributed by atoms with Crippen LogP contribution in [0.3, 0.4) is 0 Å². The molecule has 1 atom stereocenters. The maximum absolute atomic E-state index is 12.8. The van der Waals surface area contributed by atoms with Gasteiger partial charge in [0, 0.05) is 17.7 Å². The van der Waals surface area contributed by atoms with Gasteiger partial charge in [0.1, 0.15) is 5.75 Å². The summed E-state index contributed by atoms with van der Waals surface area (Å²) < 4.78 is 44.1. The van der Waals surface area contributed by atoms with E-state index in [9.17, 15) is 18.0 Å².